The number of likely N-dealkylation sites (tertiary alicyclic amines) is 1. The minimum Gasteiger partial charge on any atom is -0.373 e. The monoisotopic (exact) mass is 281 g/mol. The fourth-order valence-corrected chi connectivity index (χ4v) is 2.64. The lowest BCUT2D eigenvalue weighted by Crippen LogP contribution is -2.26. The second-order valence-corrected chi connectivity index (χ2v) is 5.58. The Hall–Kier alpha value is -0.910. The Labute approximate surface area is 121 Å². The molecule has 5 heteroatoms. The Morgan fingerprint density at radius 2 is 2.45 bits per heavy atom. The number of nitrogens with zero attached hydrogens (tertiary/aromatic N) is 2. The summed E-state index contributed by atoms with van der Waals surface area (Å²) in [7, 11) is 2.20. The van der Waals surface area contributed by atoms with E-state index < -0.39 is 0 Å². The predicted octanol–water partition coefficient (Wildman–Crippen LogP) is 2.18. The van der Waals surface area contributed by atoms with Crippen molar-refractivity contribution in [2.24, 2.45) is 0 Å². The summed E-state index contributed by atoms with van der Waals surface area (Å²) in [6.45, 7) is 6.46. The van der Waals surface area contributed by atoms with Crippen LogP contribution in [0.3, 0.4) is 0 Å². The molecule has 1 saturated heterocycles. The van der Waals surface area contributed by atoms with Crippen LogP contribution in [0.25, 0.3) is 0 Å². The smallest absolute Gasteiger partial charge is 0.162 e. The van der Waals surface area contributed by atoms with Gasteiger partial charge in [-0.05, 0) is 45.8 Å². The van der Waals surface area contributed by atoms with Crippen LogP contribution in [0.1, 0.15) is 44.1 Å². The molecule has 1 unspecified atom stereocenters. The maximum absolute atomic E-state index is 5.69. The number of ether oxygens (including phenoxy) is 1. The molecule has 1 atom stereocenters. The van der Waals surface area contributed by atoms with Gasteiger partial charge in [-0.3, -0.25) is 0 Å². The first-order valence-corrected chi connectivity index (χ1v) is 7.72. The molecule has 20 heavy (non-hydrogen) atoms. The van der Waals surface area contributed by atoms with E-state index in [0.29, 0.717) is 12.6 Å². The molecular weight excluding hydrogens is 254 g/mol. The molecule has 5 nitrogen and oxygen atoms in total. The molecule has 1 N–H and O–H groups in total. The number of rotatable bonds is 9. The highest BCUT2D eigenvalue weighted by Gasteiger charge is 2.20. The standard InChI is InChI=1S/C15H27N3O2/c1-3-7-16-11-13-10-15(20-17-13)12-19-9-6-14-5-4-8-18(14)2/h10,14,16H,3-9,11-12H2,1-2H3. The summed E-state index contributed by atoms with van der Waals surface area (Å²) < 4.78 is 11.0. The van der Waals surface area contributed by atoms with E-state index in [1.165, 1.54) is 19.4 Å². The van der Waals surface area contributed by atoms with Crippen LogP contribution >= 0.6 is 0 Å². The summed E-state index contributed by atoms with van der Waals surface area (Å²) in [6, 6.07) is 2.67. The summed E-state index contributed by atoms with van der Waals surface area (Å²) in [6.07, 6.45) is 4.85. The molecular formula is C15H27N3O2. The highest BCUT2D eigenvalue weighted by molar-refractivity contribution is 5.04. The minimum atomic E-state index is 0.525. The molecule has 0 spiro atoms. The van der Waals surface area contributed by atoms with E-state index in [4.69, 9.17) is 9.26 Å². The minimum absolute atomic E-state index is 0.525. The summed E-state index contributed by atoms with van der Waals surface area (Å²) in [4.78, 5) is 2.43. The molecule has 0 saturated carbocycles. The van der Waals surface area contributed by atoms with Gasteiger partial charge in [-0.25, -0.2) is 0 Å². The Morgan fingerprint density at radius 3 is 3.20 bits per heavy atom. The highest BCUT2D eigenvalue weighted by Crippen LogP contribution is 2.17. The SMILES string of the molecule is CCCNCc1cc(COCCC2CCCN2C)on1. The molecule has 0 aliphatic carbocycles. The van der Waals surface area contributed by atoms with Crippen LogP contribution < -0.4 is 5.32 Å². The lowest BCUT2D eigenvalue weighted by molar-refractivity contribution is 0.0854. The summed E-state index contributed by atoms with van der Waals surface area (Å²) in [5, 5.41) is 7.34. The fourth-order valence-electron chi connectivity index (χ4n) is 2.64. The second-order valence-electron chi connectivity index (χ2n) is 5.58. The number of nitrogens with one attached hydrogen (secondary N) is 1. The molecule has 1 aromatic rings. The van der Waals surface area contributed by atoms with E-state index in [0.717, 1.165) is 44.0 Å². The Morgan fingerprint density at radius 1 is 1.55 bits per heavy atom. The molecule has 1 fully saturated rings. The van der Waals surface area contributed by atoms with Gasteiger partial charge in [-0.15, -0.1) is 0 Å². The third-order valence-corrected chi connectivity index (χ3v) is 3.85. The Balaban J connectivity index is 1.59. The van der Waals surface area contributed by atoms with Gasteiger partial charge in [0.2, 0.25) is 0 Å². The zero-order valence-corrected chi connectivity index (χ0v) is 12.7. The quantitative estimate of drug-likeness (QED) is 0.703. The third-order valence-electron chi connectivity index (χ3n) is 3.85. The van der Waals surface area contributed by atoms with Gasteiger partial charge in [-0.2, -0.15) is 0 Å². The first-order valence-electron chi connectivity index (χ1n) is 7.72. The zero-order chi connectivity index (χ0) is 14.2. The first kappa shape index (κ1) is 15.5. The molecule has 0 bridgehead atoms. The number of hydrogen-bond acceptors (Lipinski definition) is 5. The van der Waals surface area contributed by atoms with Gasteiger partial charge in [0, 0.05) is 25.3 Å². The Kier molecular flexibility index (Phi) is 6.50. The van der Waals surface area contributed by atoms with Crippen molar-refractivity contribution >= 4 is 0 Å². The van der Waals surface area contributed by atoms with E-state index in [-0.39, 0.29) is 0 Å². The van der Waals surface area contributed by atoms with Gasteiger partial charge in [0.15, 0.2) is 5.76 Å². The first-order chi connectivity index (χ1) is 9.79. The summed E-state index contributed by atoms with van der Waals surface area (Å²) >= 11 is 0. The molecule has 0 amide bonds. The number of hydrogen-bond donors (Lipinski definition) is 1. The van der Waals surface area contributed by atoms with Crippen LogP contribution in [0, 0.1) is 0 Å². The van der Waals surface area contributed by atoms with Crippen LogP contribution in [0.5, 0.6) is 0 Å². The third kappa shape index (κ3) is 4.89. The summed E-state index contributed by atoms with van der Waals surface area (Å²) in [5.74, 6) is 0.818. The van der Waals surface area contributed by atoms with Crippen LogP contribution in [0.15, 0.2) is 10.6 Å². The molecule has 2 rings (SSSR count). The second kappa shape index (κ2) is 8.39. The summed E-state index contributed by atoms with van der Waals surface area (Å²) in [5.41, 5.74) is 0.951. The molecule has 114 valence electrons. The van der Waals surface area contributed by atoms with Gasteiger partial charge < -0.3 is 19.5 Å². The normalized spacial score (nSPS) is 19.8. The molecule has 1 aliphatic rings. The molecule has 1 aromatic heterocycles. The van der Waals surface area contributed by atoms with Crippen molar-refractivity contribution in [2.75, 3.05) is 26.7 Å². The topological polar surface area (TPSA) is 50.5 Å². The van der Waals surface area contributed by atoms with Crippen molar-refractivity contribution in [3.8, 4) is 0 Å². The van der Waals surface area contributed by atoms with Crippen LogP contribution in [-0.2, 0) is 17.9 Å². The maximum Gasteiger partial charge on any atom is 0.162 e. The maximum atomic E-state index is 5.69. The van der Waals surface area contributed by atoms with Crippen molar-refractivity contribution in [2.45, 2.75) is 51.8 Å². The Bertz CT molecular complexity index is 381. The van der Waals surface area contributed by atoms with E-state index in [1.54, 1.807) is 0 Å². The molecule has 1 aliphatic heterocycles. The van der Waals surface area contributed by atoms with Crippen LogP contribution in [0.2, 0.25) is 0 Å². The fraction of sp³-hybridized carbons (Fsp3) is 0.800. The van der Waals surface area contributed by atoms with E-state index in [2.05, 4.69) is 29.3 Å². The largest absolute Gasteiger partial charge is 0.373 e. The molecule has 0 radical (unpaired) electrons. The lowest BCUT2D eigenvalue weighted by atomic mass is 10.1. The van der Waals surface area contributed by atoms with Crippen molar-refractivity contribution in [1.29, 1.82) is 0 Å². The van der Waals surface area contributed by atoms with E-state index in [1.807, 2.05) is 6.07 Å². The van der Waals surface area contributed by atoms with Crippen molar-refractivity contribution in [3.63, 3.8) is 0 Å². The van der Waals surface area contributed by atoms with Crippen LogP contribution in [0.4, 0.5) is 0 Å². The average molecular weight is 281 g/mol. The predicted molar refractivity (Wildman–Crippen MR) is 78.4 cm³/mol. The average Bonchev–Trinajstić information content (AvgIpc) is 3.05. The highest BCUT2D eigenvalue weighted by atomic mass is 16.5. The van der Waals surface area contributed by atoms with Gasteiger partial charge in [0.05, 0.1) is 5.69 Å². The van der Waals surface area contributed by atoms with Gasteiger partial charge in [-0.1, -0.05) is 12.1 Å². The van der Waals surface area contributed by atoms with Gasteiger partial charge in [0.1, 0.15) is 6.61 Å². The van der Waals surface area contributed by atoms with Gasteiger partial charge in [0.25, 0.3) is 0 Å². The van der Waals surface area contributed by atoms with Crippen molar-refractivity contribution in [3.05, 3.63) is 17.5 Å². The molecule has 2 heterocycles. The van der Waals surface area contributed by atoms with E-state index in [9.17, 15) is 0 Å². The van der Waals surface area contributed by atoms with Crippen LogP contribution in [-0.4, -0.2) is 42.8 Å². The zero-order valence-electron chi connectivity index (χ0n) is 12.7. The number of aromatic nitrogens is 1. The van der Waals surface area contributed by atoms with Crippen molar-refractivity contribution < 1.29 is 9.26 Å². The van der Waals surface area contributed by atoms with Crippen molar-refractivity contribution in [1.82, 2.24) is 15.4 Å². The van der Waals surface area contributed by atoms with Gasteiger partial charge >= 0.3 is 0 Å². The lowest BCUT2D eigenvalue weighted by Gasteiger charge is -2.18. The molecule has 0 aromatic carbocycles. The van der Waals surface area contributed by atoms with E-state index >= 15 is 0 Å².